The van der Waals surface area contributed by atoms with Crippen LogP contribution in [0.25, 0.3) is 0 Å². The van der Waals surface area contributed by atoms with Crippen LogP contribution in [0.2, 0.25) is 5.02 Å². The smallest absolute Gasteiger partial charge is 0.326 e. The molecule has 28 heavy (non-hydrogen) atoms. The quantitative estimate of drug-likeness (QED) is 0.545. The number of ether oxygens (including phenoxy) is 1. The zero-order valence-electron chi connectivity index (χ0n) is 15.0. The molecule has 0 aromatic heterocycles. The molecule has 0 radical (unpaired) electrons. The van der Waals surface area contributed by atoms with Crippen molar-refractivity contribution < 1.29 is 23.9 Å². The Morgan fingerprint density at radius 3 is 2.75 bits per heavy atom. The highest BCUT2D eigenvalue weighted by molar-refractivity contribution is 6.32. The van der Waals surface area contributed by atoms with Crippen molar-refractivity contribution >= 4 is 41.1 Å². The van der Waals surface area contributed by atoms with Crippen molar-refractivity contribution in [2.75, 3.05) is 18.5 Å². The number of halogens is 1. The predicted octanol–water partition coefficient (Wildman–Crippen LogP) is 1.41. The summed E-state index contributed by atoms with van der Waals surface area (Å²) < 4.78 is 4.84. The number of carbonyl (C=O) groups excluding carboxylic acids is 4. The van der Waals surface area contributed by atoms with Gasteiger partial charge in [0.25, 0.3) is 11.8 Å². The maximum Gasteiger partial charge on any atom is 0.326 e. The molecule has 2 N–H and O–H groups in total. The minimum Gasteiger partial charge on any atom is -0.454 e. The molecule has 1 atom stereocenters. The highest BCUT2D eigenvalue weighted by Gasteiger charge is 2.56. The van der Waals surface area contributed by atoms with Crippen LogP contribution < -0.4 is 10.6 Å². The average Bonchev–Trinajstić information content (AvgIpc) is 3.46. The third-order valence-corrected chi connectivity index (χ3v) is 5.03. The minimum atomic E-state index is -0.983. The van der Waals surface area contributed by atoms with Crippen LogP contribution in [0, 0.1) is 17.2 Å². The second-order valence-electron chi connectivity index (χ2n) is 6.81. The number of benzene rings is 1. The Morgan fingerprint density at radius 2 is 2.14 bits per heavy atom. The van der Waals surface area contributed by atoms with Gasteiger partial charge in [-0.05, 0) is 43.9 Å². The van der Waals surface area contributed by atoms with Crippen LogP contribution in [-0.4, -0.2) is 47.4 Å². The summed E-state index contributed by atoms with van der Waals surface area (Å²) in [6.07, 6.45) is 1.70. The van der Waals surface area contributed by atoms with Gasteiger partial charge in [-0.2, -0.15) is 5.26 Å². The number of imide groups is 1. The lowest BCUT2D eigenvalue weighted by Crippen LogP contribution is -2.46. The molecule has 0 bridgehead atoms. The number of nitrogens with one attached hydrogen (secondary N) is 2. The SMILES string of the molecule is C[C@]1(C2CC2)NC(=O)N(CC(=O)OCC(=O)Nc2ccc(C#N)c(Cl)c2)C1=O. The molecule has 0 unspecified atom stereocenters. The summed E-state index contributed by atoms with van der Waals surface area (Å²) in [5.74, 6) is -1.89. The number of rotatable bonds is 6. The maximum atomic E-state index is 12.4. The topological polar surface area (TPSA) is 129 Å². The Labute approximate surface area is 165 Å². The third kappa shape index (κ3) is 3.92. The standard InChI is InChI=1S/C18H17ClN4O5/c1-18(11-3-4-11)16(26)23(17(27)22-18)8-15(25)28-9-14(24)21-12-5-2-10(7-20)13(19)6-12/h2,5-6,11H,3-4,8-9H2,1H3,(H,21,24)(H,22,27)/t18-/m1/s1. The number of hydrogen-bond acceptors (Lipinski definition) is 6. The first-order valence-electron chi connectivity index (χ1n) is 8.54. The zero-order chi connectivity index (χ0) is 20.5. The normalized spacial score (nSPS) is 21.1. The molecule has 1 aliphatic carbocycles. The predicted molar refractivity (Wildman–Crippen MR) is 97.1 cm³/mol. The van der Waals surface area contributed by atoms with Gasteiger partial charge in [0.05, 0.1) is 10.6 Å². The molecule has 10 heteroatoms. The summed E-state index contributed by atoms with van der Waals surface area (Å²) in [6.45, 7) is 0.481. The highest BCUT2D eigenvalue weighted by atomic mass is 35.5. The van der Waals surface area contributed by atoms with Crippen molar-refractivity contribution in [1.29, 1.82) is 5.26 Å². The Kier molecular flexibility index (Phi) is 5.25. The average molecular weight is 405 g/mol. The summed E-state index contributed by atoms with van der Waals surface area (Å²) >= 11 is 5.88. The molecule has 2 aliphatic rings. The second kappa shape index (κ2) is 7.48. The number of nitrogens with zero attached hydrogens (tertiary/aromatic N) is 2. The molecule has 1 aromatic carbocycles. The largest absolute Gasteiger partial charge is 0.454 e. The van der Waals surface area contributed by atoms with Crippen LogP contribution in [-0.2, 0) is 19.1 Å². The molecule has 9 nitrogen and oxygen atoms in total. The molecule has 2 fully saturated rings. The Balaban J connectivity index is 1.49. The molecule has 4 amide bonds. The van der Waals surface area contributed by atoms with Crippen molar-refractivity contribution in [2.45, 2.75) is 25.3 Å². The van der Waals surface area contributed by atoms with E-state index in [0.717, 1.165) is 17.7 Å². The molecular formula is C18H17ClN4O5. The minimum absolute atomic E-state index is 0.0787. The van der Waals surface area contributed by atoms with E-state index in [0.29, 0.717) is 5.69 Å². The van der Waals surface area contributed by atoms with E-state index in [1.165, 1.54) is 18.2 Å². The van der Waals surface area contributed by atoms with Crippen LogP contribution in [0.3, 0.4) is 0 Å². The molecule has 1 saturated carbocycles. The monoisotopic (exact) mass is 404 g/mol. The van der Waals surface area contributed by atoms with Gasteiger partial charge < -0.3 is 15.4 Å². The second-order valence-corrected chi connectivity index (χ2v) is 7.22. The van der Waals surface area contributed by atoms with E-state index >= 15 is 0 Å². The number of esters is 1. The van der Waals surface area contributed by atoms with Gasteiger partial charge in [0, 0.05) is 5.69 Å². The van der Waals surface area contributed by atoms with Crippen molar-refractivity contribution in [3.63, 3.8) is 0 Å². The van der Waals surface area contributed by atoms with E-state index in [4.69, 9.17) is 21.6 Å². The van der Waals surface area contributed by atoms with Crippen molar-refractivity contribution in [3.05, 3.63) is 28.8 Å². The lowest BCUT2D eigenvalue weighted by Gasteiger charge is -2.20. The van der Waals surface area contributed by atoms with E-state index in [-0.39, 0.29) is 16.5 Å². The van der Waals surface area contributed by atoms with Crippen molar-refractivity contribution in [1.82, 2.24) is 10.2 Å². The summed E-state index contributed by atoms with van der Waals surface area (Å²) in [4.78, 5) is 49.1. The number of hydrogen-bond donors (Lipinski definition) is 2. The molecule has 0 spiro atoms. The molecule has 1 aliphatic heterocycles. The molecule has 146 valence electrons. The maximum absolute atomic E-state index is 12.4. The summed E-state index contributed by atoms with van der Waals surface area (Å²) in [6, 6.07) is 5.57. The number of amides is 4. The summed E-state index contributed by atoms with van der Waals surface area (Å²) in [5.41, 5.74) is -0.388. The molecule has 3 rings (SSSR count). The van der Waals surface area contributed by atoms with E-state index in [1.54, 1.807) is 6.92 Å². The number of nitriles is 1. The number of carbonyl (C=O) groups is 4. The fourth-order valence-electron chi connectivity index (χ4n) is 3.00. The van der Waals surface area contributed by atoms with E-state index < -0.39 is 42.5 Å². The van der Waals surface area contributed by atoms with Crippen LogP contribution >= 0.6 is 11.6 Å². The highest BCUT2D eigenvalue weighted by Crippen LogP contribution is 2.42. The van der Waals surface area contributed by atoms with Crippen LogP contribution in [0.5, 0.6) is 0 Å². The summed E-state index contributed by atoms with van der Waals surface area (Å²) in [7, 11) is 0. The third-order valence-electron chi connectivity index (χ3n) is 4.72. The van der Waals surface area contributed by atoms with Crippen LogP contribution in [0.15, 0.2) is 18.2 Å². The first-order valence-corrected chi connectivity index (χ1v) is 8.91. The fourth-order valence-corrected chi connectivity index (χ4v) is 3.22. The first-order chi connectivity index (χ1) is 13.2. The van der Waals surface area contributed by atoms with Crippen molar-refractivity contribution in [2.24, 2.45) is 5.92 Å². The molecule has 1 saturated heterocycles. The first kappa shape index (κ1) is 19.6. The van der Waals surface area contributed by atoms with E-state index in [9.17, 15) is 19.2 Å². The van der Waals surface area contributed by atoms with E-state index in [1.807, 2.05) is 6.07 Å². The zero-order valence-corrected chi connectivity index (χ0v) is 15.7. The van der Waals surface area contributed by atoms with Gasteiger partial charge in [-0.15, -0.1) is 0 Å². The van der Waals surface area contributed by atoms with Crippen LogP contribution in [0.4, 0.5) is 10.5 Å². The molecule has 1 aromatic rings. The van der Waals surface area contributed by atoms with Gasteiger partial charge in [0.2, 0.25) is 0 Å². The molecule has 1 heterocycles. The Morgan fingerprint density at radius 1 is 1.43 bits per heavy atom. The van der Waals surface area contributed by atoms with Gasteiger partial charge in [-0.25, -0.2) is 4.79 Å². The van der Waals surface area contributed by atoms with Crippen LogP contribution in [0.1, 0.15) is 25.3 Å². The number of anilines is 1. The van der Waals surface area contributed by atoms with Gasteiger partial charge in [0.15, 0.2) is 6.61 Å². The van der Waals surface area contributed by atoms with Gasteiger partial charge in [0.1, 0.15) is 18.2 Å². The van der Waals surface area contributed by atoms with Gasteiger partial charge in [-0.3, -0.25) is 19.3 Å². The summed E-state index contributed by atoms with van der Waals surface area (Å²) in [5, 5.41) is 14.1. The molecular weight excluding hydrogens is 388 g/mol. The lowest BCUT2D eigenvalue weighted by atomic mass is 9.96. The van der Waals surface area contributed by atoms with E-state index in [2.05, 4.69) is 10.6 Å². The van der Waals surface area contributed by atoms with Gasteiger partial charge >= 0.3 is 12.0 Å². The lowest BCUT2D eigenvalue weighted by molar-refractivity contribution is -0.150. The van der Waals surface area contributed by atoms with Crippen molar-refractivity contribution in [3.8, 4) is 6.07 Å². The fraction of sp³-hybridized carbons (Fsp3) is 0.389. The Bertz CT molecular complexity index is 908. The number of urea groups is 1. The Hall–Kier alpha value is -3.12. The van der Waals surface area contributed by atoms with Gasteiger partial charge in [-0.1, -0.05) is 11.6 Å².